The van der Waals surface area contributed by atoms with Gasteiger partial charge < -0.3 is 14.9 Å². The first-order valence-electron chi connectivity index (χ1n) is 7.27. The van der Waals surface area contributed by atoms with Crippen molar-refractivity contribution in [1.82, 2.24) is 4.90 Å². The lowest BCUT2D eigenvalue weighted by molar-refractivity contribution is -0.169. The van der Waals surface area contributed by atoms with Crippen molar-refractivity contribution in [3.8, 4) is 0 Å². The Labute approximate surface area is 114 Å². The monoisotopic (exact) mass is 271 g/mol. The van der Waals surface area contributed by atoms with Crippen LogP contribution in [-0.4, -0.2) is 58.5 Å². The lowest BCUT2D eigenvalue weighted by atomic mass is 9.96. The van der Waals surface area contributed by atoms with Crippen LogP contribution in [0.25, 0.3) is 0 Å². The summed E-state index contributed by atoms with van der Waals surface area (Å²) in [5.74, 6) is -0.325. The first-order chi connectivity index (χ1) is 8.95. The second kappa shape index (κ2) is 5.77. The largest absolute Gasteiger partial charge is 0.463 e. The molecule has 0 aromatic carbocycles. The van der Waals surface area contributed by atoms with Crippen molar-refractivity contribution < 1.29 is 19.7 Å². The van der Waals surface area contributed by atoms with Crippen LogP contribution in [0.15, 0.2) is 0 Å². The molecular formula is C14H25NO4. The fraction of sp³-hybridized carbons (Fsp3) is 0.929. The normalized spacial score (nSPS) is 31.8. The summed E-state index contributed by atoms with van der Waals surface area (Å²) in [4.78, 5) is 14.2. The third kappa shape index (κ3) is 3.09. The summed E-state index contributed by atoms with van der Waals surface area (Å²) in [6.07, 6.45) is 2.31. The van der Waals surface area contributed by atoms with Crippen molar-refractivity contribution >= 4 is 5.97 Å². The predicted octanol–water partition coefficient (Wildman–Crippen LogP) is 0.536. The summed E-state index contributed by atoms with van der Waals surface area (Å²) < 4.78 is 5.21. The average molecular weight is 271 g/mol. The van der Waals surface area contributed by atoms with Gasteiger partial charge in [0.1, 0.15) is 0 Å². The van der Waals surface area contributed by atoms with Gasteiger partial charge in [-0.2, -0.15) is 0 Å². The van der Waals surface area contributed by atoms with Gasteiger partial charge in [0.2, 0.25) is 0 Å². The number of hydrogen-bond acceptors (Lipinski definition) is 5. The minimum Gasteiger partial charge on any atom is -0.463 e. The third-order valence-corrected chi connectivity index (χ3v) is 4.71. The summed E-state index contributed by atoms with van der Waals surface area (Å²) in [6, 6.07) is 0.539. The zero-order chi connectivity index (χ0) is 14.0. The molecule has 2 aliphatic heterocycles. The summed E-state index contributed by atoms with van der Waals surface area (Å²) in [7, 11) is 0. The van der Waals surface area contributed by atoms with Crippen LogP contribution in [-0.2, 0) is 9.53 Å². The average Bonchev–Trinajstić information content (AvgIpc) is 2.98. The lowest BCUT2D eigenvalue weighted by Crippen LogP contribution is -2.45. The number of fused-ring (bicyclic) bond motifs is 1. The first kappa shape index (κ1) is 14.8. The van der Waals surface area contributed by atoms with Gasteiger partial charge in [0.25, 0.3) is 0 Å². The van der Waals surface area contributed by atoms with Crippen LogP contribution in [0.3, 0.4) is 0 Å². The van der Waals surface area contributed by atoms with Gasteiger partial charge in [0.15, 0.2) is 6.10 Å². The van der Waals surface area contributed by atoms with Crippen molar-refractivity contribution in [1.29, 1.82) is 0 Å². The minimum absolute atomic E-state index is 0.309. The number of rotatable bonds is 5. The Bertz CT molecular complexity index is 331. The molecular weight excluding hydrogens is 246 g/mol. The molecule has 0 radical (unpaired) electrons. The smallest absolute Gasteiger partial charge is 0.338 e. The zero-order valence-electron chi connectivity index (χ0n) is 11.8. The van der Waals surface area contributed by atoms with E-state index in [-0.39, 0.29) is 0 Å². The number of nitrogens with zero attached hydrogens (tertiary/aromatic N) is 1. The molecule has 0 amide bonds. The van der Waals surface area contributed by atoms with Crippen LogP contribution >= 0.6 is 0 Å². The molecule has 110 valence electrons. The van der Waals surface area contributed by atoms with Crippen molar-refractivity contribution in [3.63, 3.8) is 0 Å². The molecule has 0 aliphatic carbocycles. The zero-order valence-corrected chi connectivity index (χ0v) is 11.8. The highest BCUT2D eigenvalue weighted by molar-refractivity contribution is 5.75. The van der Waals surface area contributed by atoms with Gasteiger partial charge >= 0.3 is 5.97 Å². The molecule has 2 aliphatic rings. The Morgan fingerprint density at radius 1 is 1.47 bits per heavy atom. The van der Waals surface area contributed by atoms with Crippen LogP contribution in [0.4, 0.5) is 0 Å². The van der Waals surface area contributed by atoms with E-state index in [4.69, 9.17) is 4.74 Å². The molecule has 19 heavy (non-hydrogen) atoms. The van der Waals surface area contributed by atoms with Gasteiger partial charge in [-0.25, -0.2) is 4.79 Å². The van der Waals surface area contributed by atoms with E-state index in [1.54, 1.807) is 6.92 Å². The van der Waals surface area contributed by atoms with E-state index in [2.05, 4.69) is 4.90 Å². The molecule has 5 heteroatoms. The Hall–Kier alpha value is -0.650. The lowest BCUT2D eigenvalue weighted by Gasteiger charge is -2.27. The van der Waals surface area contributed by atoms with Crippen LogP contribution in [0.5, 0.6) is 0 Å². The maximum absolute atomic E-state index is 11.8. The number of esters is 1. The number of aliphatic hydroxyl groups excluding tert-OH is 1. The van der Waals surface area contributed by atoms with Gasteiger partial charge in [-0.05, 0) is 45.7 Å². The number of carbonyl (C=O) groups excluding carboxylic acids is 1. The Morgan fingerprint density at radius 2 is 2.21 bits per heavy atom. The summed E-state index contributed by atoms with van der Waals surface area (Å²) in [6.45, 7) is 5.78. The molecule has 2 rings (SSSR count). The van der Waals surface area contributed by atoms with Crippen LogP contribution in [0, 0.1) is 5.92 Å². The third-order valence-electron chi connectivity index (χ3n) is 4.71. The maximum atomic E-state index is 11.8. The van der Waals surface area contributed by atoms with E-state index in [9.17, 15) is 15.0 Å². The Balaban J connectivity index is 1.81. The highest BCUT2D eigenvalue weighted by Gasteiger charge is 2.39. The van der Waals surface area contributed by atoms with Crippen molar-refractivity contribution in [2.24, 2.45) is 5.92 Å². The first-order valence-corrected chi connectivity index (χ1v) is 7.27. The molecule has 0 aromatic heterocycles. The second-order valence-electron chi connectivity index (χ2n) is 6.04. The van der Waals surface area contributed by atoms with E-state index >= 15 is 0 Å². The fourth-order valence-corrected chi connectivity index (χ4v) is 3.10. The molecule has 0 spiro atoms. The number of ether oxygens (including phenoxy) is 1. The number of carbonyl (C=O) groups is 1. The molecule has 4 atom stereocenters. The van der Waals surface area contributed by atoms with Crippen LogP contribution in [0.1, 0.15) is 39.5 Å². The summed E-state index contributed by atoms with van der Waals surface area (Å²) >= 11 is 0. The number of hydrogen-bond donors (Lipinski definition) is 2. The molecule has 0 aromatic rings. The van der Waals surface area contributed by atoms with E-state index in [0.29, 0.717) is 25.0 Å². The van der Waals surface area contributed by atoms with E-state index in [0.717, 1.165) is 19.5 Å². The second-order valence-corrected chi connectivity index (χ2v) is 6.04. The summed E-state index contributed by atoms with van der Waals surface area (Å²) in [5.41, 5.74) is -1.41. The predicted molar refractivity (Wildman–Crippen MR) is 70.6 cm³/mol. The van der Waals surface area contributed by atoms with Gasteiger partial charge in [-0.3, -0.25) is 4.90 Å². The molecule has 0 bridgehead atoms. The molecule has 4 unspecified atom stereocenters. The van der Waals surface area contributed by atoms with Crippen LogP contribution in [0.2, 0.25) is 0 Å². The van der Waals surface area contributed by atoms with E-state index < -0.39 is 17.7 Å². The quantitative estimate of drug-likeness (QED) is 0.714. The van der Waals surface area contributed by atoms with Crippen molar-refractivity contribution in [2.45, 2.75) is 57.3 Å². The molecule has 2 saturated heterocycles. The maximum Gasteiger partial charge on any atom is 0.338 e. The number of aliphatic hydroxyl groups is 2. The molecule has 5 nitrogen and oxygen atoms in total. The molecule has 2 heterocycles. The van der Waals surface area contributed by atoms with Gasteiger partial charge in [-0.15, -0.1) is 0 Å². The standard InChI is InChI=1S/C14H25NO4/c1-3-14(2,18)12(16)13(17)19-9-10-6-8-15-7-4-5-11(10)15/h10-12,16,18H,3-9H2,1-2H3. The van der Waals surface area contributed by atoms with E-state index in [1.807, 2.05) is 0 Å². The van der Waals surface area contributed by atoms with Gasteiger partial charge in [-0.1, -0.05) is 6.92 Å². The van der Waals surface area contributed by atoms with Crippen LogP contribution < -0.4 is 0 Å². The van der Waals surface area contributed by atoms with E-state index in [1.165, 1.54) is 19.8 Å². The SMILES string of the molecule is CCC(C)(O)C(O)C(=O)OCC1CCN2CCCC12. The highest BCUT2D eigenvalue weighted by atomic mass is 16.5. The molecule has 2 fully saturated rings. The fourth-order valence-electron chi connectivity index (χ4n) is 3.10. The topological polar surface area (TPSA) is 70.0 Å². The van der Waals surface area contributed by atoms with Crippen molar-refractivity contribution in [2.75, 3.05) is 19.7 Å². The Kier molecular flexibility index (Phi) is 4.48. The Morgan fingerprint density at radius 3 is 2.89 bits per heavy atom. The van der Waals surface area contributed by atoms with Crippen molar-refractivity contribution in [3.05, 3.63) is 0 Å². The summed E-state index contributed by atoms with van der Waals surface area (Å²) in [5, 5.41) is 19.6. The van der Waals surface area contributed by atoms with Gasteiger partial charge in [0.05, 0.1) is 12.2 Å². The minimum atomic E-state index is -1.46. The molecule has 0 saturated carbocycles. The van der Waals surface area contributed by atoms with Gasteiger partial charge in [0, 0.05) is 12.0 Å². The molecule has 2 N–H and O–H groups in total. The highest BCUT2D eigenvalue weighted by Crippen LogP contribution is 2.32.